The van der Waals surface area contributed by atoms with Gasteiger partial charge in [-0.25, -0.2) is 13.1 Å². The van der Waals surface area contributed by atoms with Crippen LogP contribution in [0.1, 0.15) is 36.7 Å². The molecule has 2 heterocycles. The third-order valence-electron chi connectivity index (χ3n) is 4.99. The molecule has 1 aromatic heterocycles. The molecule has 1 saturated heterocycles. The molecule has 0 radical (unpaired) electrons. The Morgan fingerprint density at radius 3 is 2.58 bits per heavy atom. The number of nitrogens with zero attached hydrogens (tertiary/aromatic N) is 2. The van der Waals surface area contributed by atoms with Gasteiger partial charge in [0.15, 0.2) is 9.84 Å². The first-order valence-corrected chi connectivity index (χ1v) is 10.6. The third-order valence-corrected chi connectivity index (χ3v) is 6.89. The van der Waals surface area contributed by atoms with Crippen LogP contribution in [0.2, 0.25) is 0 Å². The van der Waals surface area contributed by atoms with Crippen molar-refractivity contribution in [3.63, 3.8) is 0 Å². The van der Waals surface area contributed by atoms with Gasteiger partial charge in [0, 0.05) is 12.1 Å². The smallest absolute Gasteiger partial charge is 0.220 e. The lowest BCUT2D eigenvalue weighted by Crippen LogP contribution is -2.47. The number of hydrogen-bond acceptors (Lipinski definition) is 4. The van der Waals surface area contributed by atoms with Gasteiger partial charge in [0.1, 0.15) is 0 Å². The van der Waals surface area contributed by atoms with Crippen LogP contribution in [0.4, 0.5) is 0 Å². The van der Waals surface area contributed by atoms with Crippen molar-refractivity contribution in [1.29, 1.82) is 0 Å². The maximum Gasteiger partial charge on any atom is 0.220 e. The molecular formula is C19H25N3O3S. The summed E-state index contributed by atoms with van der Waals surface area (Å²) in [6, 6.07) is 9.89. The molecule has 26 heavy (non-hydrogen) atoms. The molecule has 0 saturated carbocycles. The number of nitrogens with one attached hydrogen (secondary N) is 1. The number of aryl methyl sites for hydroxylation is 1. The van der Waals surface area contributed by atoms with Crippen LogP contribution in [0.15, 0.2) is 30.3 Å². The second kappa shape index (κ2) is 6.87. The highest BCUT2D eigenvalue weighted by Gasteiger charge is 2.39. The SMILES string of the molecule is Cc1nn(-c2ccccc2)c(C)c1CCC(=O)NC1(C)CCS(=O)(=O)C1. The predicted octanol–water partition coefficient (Wildman–Crippen LogP) is 2.12. The van der Waals surface area contributed by atoms with Crippen LogP contribution >= 0.6 is 0 Å². The van der Waals surface area contributed by atoms with Gasteiger partial charge >= 0.3 is 0 Å². The zero-order chi connectivity index (χ0) is 18.9. The van der Waals surface area contributed by atoms with E-state index >= 15 is 0 Å². The van der Waals surface area contributed by atoms with Gasteiger partial charge in [-0.05, 0) is 51.3 Å². The van der Waals surface area contributed by atoms with Crippen molar-refractivity contribution in [2.45, 2.75) is 45.6 Å². The van der Waals surface area contributed by atoms with Crippen LogP contribution in [0, 0.1) is 13.8 Å². The second-order valence-corrected chi connectivity index (χ2v) is 9.53. The molecule has 0 aliphatic carbocycles. The van der Waals surface area contributed by atoms with Crippen molar-refractivity contribution in [1.82, 2.24) is 15.1 Å². The maximum atomic E-state index is 12.4. The first-order chi connectivity index (χ1) is 12.2. The van der Waals surface area contributed by atoms with E-state index < -0.39 is 15.4 Å². The van der Waals surface area contributed by atoms with Crippen molar-refractivity contribution in [2.24, 2.45) is 0 Å². The Morgan fingerprint density at radius 1 is 1.27 bits per heavy atom. The van der Waals surface area contributed by atoms with Crippen molar-refractivity contribution in [3.8, 4) is 5.69 Å². The highest BCUT2D eigenvalue weighted by atomic mass is 32.2. The molecule has 1 atom stereocenters. The van der Waals surface area contributed by atoms with Crippen molar-refractivity contribution in [3.05, 3.63) is 47.3 Å². The molecule has 140 valence electrons. The average molecular weight is 375 g/mol. The van der Waals surface area contributed by atoms with Crippen molar-refractivity contribution >= 4 is 15.7 Å². The van der Waals surface area contributed by atoms with Crippen LogP contribution in [0.5, 0.6) is 0 Å². The first-order valence-electron chi connectivity index (χ1n) is 8.81. The van der Waals surface area contributed by atoms with E-state index in [0.717, 1.165) is 22.6 Å². The van der Waals surface area contributed by atoms with E-state index in [2.05, 4.69) is 10.4 Å². The average Bonchev–Trinajstić information content (AvgIpc) is 3.01. The van der Waals surface area contributed by atoms with E-state index in [1.807, 2.05) is 48.9 Å². The molecule has 0 bridgehead atoms. The Bertz CT molecular complexity index is 919. The molecule has 1 fully saturated rings. The lowest BCUT2D eigenvalue weighted by Gasteiger charge is -2.23. The van der Waals surface area contributed by atoms with E-state index in [-0.39, 0.29) is 17.4 Å². The van der Waals surface area contributed by atoms with Crippen LogP contribution in [-0.2, 0) is 21.1 Å². The minimum atomic E-state index is -3.04. The molecular weight excluding hydrogens is 350 g/mol. The van der Waals surface area contributed by atoms with Gasteiger partial charge in [-0.1, -0.05) is 18.2 Å². The van der Waals surface area contributed by atoms with Crippen LogP contribution in [-0.4, -0.2) is 41.2 Å². The van der Waals surface area contributed by atoms with E-state index in [0.29, 0.717) is 19.3 Å². The summed E-state index contributed by atoms with van der Waals surface area (Å²) in [6.07, 6.45) is 1.38. The lowest BCUT2D eigenvalue weighted by molar-refractivity contribution is -0.122. The number of carbonyl (C=O) groups excluding carboxylic acids is 1. The quantitative estimate of drug-likeness (QED) is 0.868. The van der Waals surface area contributed by atoms with Gasteiger partial charge in [-0.2, -0.15) is 5.10 Å². The van der Waals surface area contributed by atoms with E-state index in [9.17, 15) is 13.2 Å². The molecule has 1 unspecified atom stereocenters. The molecule has 7 heteroatoms. The standard InChI is InChI=1S/C19H25N3O3S/c1-14-17(15(2)22(21-14)16-7-5-4-6-8-16)9-10-18(23)20-19(3)11-12-26(24,25)13-19/h4-8H,9-13H2,1-3H3,(H,20,23). The fraction of sp³-hybridized carbons (Fsp3) is 0.474. The van der Waals surface area contributed by atoms with Gasteiger partial charge in [0.2, 0.25) is 5.91 Å². The number of para-hydroxylation sites is 1. The van der Waals surface area contributed by atoms with Crippen LogP contribution in [0.3, 0.4) is 0 Å². The molecule has 1 aliphatic heterocycles. The highest BCUT2D eigenvalue weighted by molar-refractivity contribution is 7.91. The number of amides is 1. The van der Waals surface area contributed by atoms with Gasteiger partial charge in [0.05, 0.1) is 28.4 Å². The number of carbonyl (C=O) groups is 1. The Kier molecular flexibility index (Phi) is 4.92. The molecule has 3 rings (SSSR count). The Labute approximate surface area is 154 Å². The molecule has 0 spiro atoms. The second-order valence-electron chi connectivity index (χ2n) is 7.35. The summed E-state index contributed by atoms with van der Waals surface area (Å²) in [5.74, 6) is 0.0533. The van der Waals surface area contributed by atoms with Gasteiger partial charge in [0.25, 0.3) is 0 Å². The molecule has 1 amide bonds. The summed E-state index contributed by atoms with van der Waals surface area (Å²) in [4.78, 5) is 12.4. The predicted molar refractivity (Wildman–Crippen MR) is 101 cm³/mol. The van der Waals surface area contributed by atoms with E-state index in [4.69, 9.17) is 0 Å². The number of rotatable bonds is 5. The summed E-state index contributed by atoms with van der Waals surface area (Å²) in [5, 5.41) is 7.51. The first kappa shape index (κ1) is 18.6. The topological polar surface area (TPSA) is 81.1 Å². The Balaban J connectivity index is 1.67. The number of benzene rings is 1. The van der Waals surface area contributed by atoms with Gasteiger partial charge in [-0.3, -0.25) is 4.79 Å². The van der Waals surface area contributed by atoms with Gasteiger partial charge < -0.3 is 5.32 Å². The largest absolute Gasteiger partial charge is 0.350 e. The fourth-order valence-electron chi connectivity index (χ4n) is 3.60. The normalized spacial score (nSPS) is 21.7. The van der Waals surface area contributed by atoms with Gasteiger partial charge in [-0.15, -0.1) is 0 Å². The van der Waals surface area contributed by atoms with Crippen molar-refractivity contribution in [2.75, 3.05) is 11.5 Å². The molecule has 1 N–H and O–H groups in total. The fourth-order valence-corrected chi connectivity index (χ4v) is 5.70. The highest BCUT2D eigenvalue weighted by Crippen LogP contribution is 2.23. The van der Waals surface area contributed by atoms with E-state index in [1.165, 1.54) is 0 Å². The van der Waals surface area contributed by atoms with Crippen LogP contribution < -0.4 is 5.32 Å². The molecule has 6 nitrogen and oxygen atoms in total. The number of hydrogen-bond donors (Lipinski definition) is 1. The summed E-state index contributed by atoms with van der Waals surface area (Å²) >= 11 is 0. The van der Waals surface area contributed by atoms with Crippen LogP contribution in [0.25, 0.3) is 5.69 Å². The number of sulfone groups is 1. The minimum absolute atomic E-state index is 0.0235. The zero-order valence-electron chi connectivity index (χ0n) is 15.4. The summed E-state index contributed by atoms with van der Waals surface area (Å²) in [6.45, 7) is 5.76. The maximum absolute atomic E-state index is 12.4. The number of aromatic nitrogens is 2. The lowest BCUT2D eigenvalue weighted by atomic mass is 10.0. The monoisotopic (exact) mass is 375 g/mol. The zero-order valence-corrected chi connectivity index (χ0v) is 16.3. The summed E-state index contributed by atoms with van der Waals surface area (Å²) in [7, 11) is -3.04. The van der Waals surface area contributed by atoms with Crippen molar-refractivity contribution < 1.29 is 13.2 Å². The molecule has 2 aromatic rings. The third kappa shape index (κ3) is 3.98. The summed E-state index contributed by atoms with van der Waals surface area (Å²) < 4.78 is 25.2. The summed E-state index contributed by atoms with van der Waals surface area (Å²) in [5.41, 5.74) is 3.35. The Morgan fingerprint density at radius 2 is 1.96 bits per heavy atom. The Hall–Kier alpha value is -2.15. The van der Waals surface area contributed by atoms with E-state index in [1.54, 1.807) is 6.92 Å². The molecule has 1 aromatic carbocycles. The molecule has 1 aliphatic rings. The minimum Gasteiger partial charge on any atom is -0.350 e.